The summed E-state index contributed by atoms with van der Waals surface area (Å²) in [5, 5.41) is 2.73. The fourth-order valence-corrected chi connectivity index (χ4v) is 5.24. The zero-order valence-electron chi connectivity index (χ0n) is 18.1. The molecular weight excluding hydrogens is 416 g/mol. The van der Waals surface area contributed by atoms with Gasteiger partial charge in [0.05, 0.1) is 4.90 Å². The van der Waals surface area contributed by atoms with Crippen molar-refractivity contribution in [3.05, 3.63) is 53.6 Å². The molecule has 166 valence electrons. The van der Waals surface area contributed by atoms with E-state index < -0.39 is 22.0 Å². The van der Waals surface area contributed by atoms with Crippen molar-refractivity contribution in [2.24, 2.45) is 0 Å². The van der Waals surface area contributed by atoms with Gasteiger partial charge in [0.25, 0.3) is 5.91 Å². The van der Waals surface area contributed by atoms with Crippen molar-refractivity contribution < 1.29 is 22.7 Å². The number of rotatable bonds is 7. The maximum atomic E-state index is 13.1. The van der Waals surface area contributed by atoms with Crippen molar-refractivity contribution in [1.29, 1.82) is 0 Å². The summed E-state index contributed by atoms with van der Waals surface area (Å²) in [5.41, 5.74) is 1.60. The Balaban J connectivity index is 1.71. The van der Waals surface area contributed by atoms with E-state index in [4.69, 9.17) is 4.74 Å². The van der Waals surface area contributed by atoms with Crippen molar-refractivity contribution in [2.75, 3.05) is 18.4 Å². The van der Waals surface area contributed by atoms with Crippen LogP contribution < -0.4 is 10.1 Å². The van der Waals surface area contributed by atoms with Gasteiger partial charge in [-0.2, -0.15) is 4.31 Å². The lowest BCUT2D eigenvalue weighted by molar-refractivity contribution is -0.122. The Morgan fingerprint density at radius 3 is 2.29 bits per heavy atom. The molecule has 1 unspecified atom stereocenters. The number of ketones is 1. The molecule has 2 aromatic carbocycles. The summed E-state index contributed by atoms with van der Waals surface area (Å²) in [6.07, 6.45) is 1.94. The number of ether oxygens (including phenoxy) is 1. The minimum Gasteiger partial charge on any atom is -0.481 e. The summed E-state index contributed by atoms with van der Waals surface area (Å²) in [4.78, 5) is 24.2. The molecule has 3 rings (SSSR count). The number of carbonyl (C=O) groups is 2. The Labute approximate surface area is 183 Å². The predicted molar refractivity (Wildman–Crippen MR) is 119 cm³/mol. The molecule has 0 aliphatic carbocycles. The van der Waals surface area contributed by atoms with E-state index in [2.05, 4.69) is 5.32 Å². The second-order valence-electron chi connectivity index (χ2n) is 7.77. The zero-order valence-corrected chi connectivity index (χ0v) is 18.9. The first kappa shape index (κ1) is 23.0. The largest absolute Gasteiger partial charge is 0.481 e. The van der Waals surface area contributed by atoms with Crippen LogP contribution in [0.2, 0.25) is 0 Å². The molecule has 1 saturated heterocycles. The number of aryl methyl sites for hydroxylation is 1. The third-order valence-corrected chi connectivity index (χ3v) is 7.37. The number of carbonyl (C=O) groups excluding carboxylic acids is 2. The smallest absolute Gasteiger partial charge is 0.265 e. The lowest BCUT2D eigenvalue weighted by atomic mass is 10.1. The molecule has 0 radical (unpaired) electrons. The molecule has 1 amide bonds. The van der Waals surface area contributed by atoms with Crippen molar-refractivity contribution >= 4 is 27.4 Å². The topological polar surface area (TPSA) is 92.8 Å². The van der Waals surface area contributed by atoms with Crippen molar-refractivity contribution in [2.45, 2.75) is 51.0 Å². The Kier molecular flexibility index (Phi) is 7.12. The summed E-state index contributed by atoms with van der Waals surface area (Å²) in [6.45, 7) is 5.87. The number of amides is 1. The van der Waals surface area contributed by atoms with Crippen LogP contribution >= 0.6 is 0 Å². The van der Waals surface area contributed by atoms with Crippen LogP contribution in [0, 0.1) is 6.92 Å². The van der Waals surface area contributed by atoms with E-state index in [1.807, 2.05) is 0 Å². The van der Waals surface area contributed by atoms with Gasteiger partial charge in [-0.1, -0.05) is 12.5 Å². The van der Waals surface area contributed by atoms with Gasteiger partial charge < -0.3 is 10.1 Å². The highest BCUT2D eigenvalue weighted by atomic mass is 32.2. The van der Waals surface area contributed by atoms with Gasteiger partial charge in [0.1, 0.15) is 5.75 Å². The Bertz CT molecular complexity index is 1060. The van der Waals surface area contributed by atoms with Crippen LogP contribution in [-0.2, 0) is 14.8 Å². The van der Waals surface area contributed by atoms with E-state index in [0.29, 0.717) is 35.7 Å². The molecule has 8 heteroatoms. The monoisotopic (exact) mass is 444 g/mol. The number of hydrogen-bond donors (Lipinski definition) is 1. The number of benzene rings is 2. The summed E-state index contributed by atoms with van der Waals surface area (Å²) in [6, 6.07) is 11.4. The van der Waals surface area contributed by atoms with E-state index in [0.717, 1.165) is 19.3 Å². The van der Waals surface area contributed by atoms with Crippen LogP contribution in [0.15, 0.2) is 47.4 Å². The van der Waals surface area contributed by atoms with Gasteiger partial charge in [-0.05, 0) is 75.6 Å². The fourth-order valence-electron chi connectivity index (χ4n) is 3.47. The second-order valence-corrected chi connectivity index (χ2v) is 9.68. The number of hydrogen-bond acceptors (Lipinski definition) is 5. The number of sulfonamides is 1. The molecule has 0 bridgehead atoms. The maximum absolute atomic E-state index is 13.1. The molecule has 0 saturated carbocycles. The van der Waals surface area contributed by atoms with Crippen LogP contribution in [0.3, 0.4) is 0 Å². The maximum Gasteiger partial charge on any atom is 0.265 e. The van der Waals surface area contributed by atoms with Crippen LogP contribution in [0.25, 0.3) is 0 Å². The van der Waals surface area contributed by atoms with Crippen LogP contribution in [0.1, 0.15) is 49.0 Å². The number of nitrogens with one attached hydrogen (secondary N) is 1. The molecule has 31 heavy (non-hydrogen) atoms. The van der Waals surface area contributed by atoms with Gasteiger partial charge in [-0.15, -0.1) is 0 Å². The molecule has 1 atom stereocenters. The van der Waals surface area contributed by atoms with Gasteiger partial charge >= 0.3 is 0 Å². The lowest BCUT2D eigenvalue weighted by Gasteiger charge is -2.26. The first-order valence-electron chi connectivity index (χ1n) is 10.4. The Morgan fingerprint density at radius 1 is 1.03 bits per heavy atom. The molecule has 1 aliphatic heterocycles. The number of anilines is 1. The standard InChI is InChI=1S/C23H28N2O5S/c1-16-7-10-20(15-22(16)31(28,29)25-13-5-4-6-14-25)24-23(27)18(3)30-21-11-8-19(9-12-21)17(2)26/h7-12,15,18H,4-6,13-14H2,1-3H3,(H,24,27). The van der Waals surface area contributed by atoms with E-state index in [-0.39, 0.29) is 10.7 Å². The van der Waals surface area contributed by atoms with Crippen LogP contribution in [-0.4, -0.2) is 43.6 Å². The van der Waals surface area contributed by atoms with E-state index >= 15 is 0 Å². The number of piperidine rings is 1. The van der Waals surface area contributed by atoms with Gasteiger partial charge in [-0.25, -0.2) is 8.42 Å². The van der Waals surface area contributed by atoms with Crippen molar-refractivity contribution in [3.8, 4) is 5.75 Å². The second kappa shape index (κ2) is 9.62. The first-order valence-corrected chi connectivity index (χ1v) is 11.8. The lowest BCUT2D eigenvalue weighted by Crippen LogP contribution is -2.36. The van der Waals surface area contributed by atoms with E-state index in [9.17, 15) is 18.0 Å². The first-order chi connectivity index (χ1) is 14.7. The molecule has 0 aromatic heterocycles. The fraction of sp³-hybridized carbons (Fsp3) is 0.391. The highest BCUT2D eigenvalue weighted by Crippen LogP contribution is 2.26. The zero-order chi connectivity index (χ0) is 22.6. The normalized spacial score (nSPS) is 15.8. The SMILES string of the molecule is CC(=O)c1ccc(OC(C)C(=O)Nc2ccc(C)c(S(=O)(=O)N3CCCCC3)c2)cc1. The molecular formula is C23H28N2O5S. The predicted octanol–water partition coefficient (Wildman–Crippen LogP) is 3.78. The molecule has 7 nitrogen and oxygen atoms in total. The highest BCUT2D eigenvalue weighted by molar-refractivity contribution is 7.89. The number of nitrogens with zero attached hydrogens (tertiary/aromatic N) is 1. The van der Waals surface area contributed by atoms with E-state index in [1.165, 1.54) is 17.3 Å². The summed E-state index contributed by atoms with van der Waals surface area (Å²) in [7, 11) is -3.61. The van der Waals surface area contributed by atoms with Crippen molar-refractivity contribution in [3.63, 3.8) is 0 Å². The van der Waals surface area contributed by atoms with Crippen LogP contribution in [0.5, 0.6) is 5.75 Å². The quantitative estimate of drug-likeness (QED) is 0.656. The average Bonchev–Trinajstić information content (AvgIpc) is 2.76. The number of Topliss-reactive ketones (excluding diaryl/α,β-unsaturated/α-hetero) is 1. The molecule has 2 aromatic rings. The summed E-state index contributed by atoms with van der Waals surface area (Å²) < 4.78 is 33.3. The van der Waals surface area contributed by atoms with Crippen molar-refractivity contribution in [1.82, 2.24) is 4.31 Å². The van der Waals surface area contributed by atoms with Gasteiger partial charge in [0.15, 0.2) is 11.9 Å². The summed E-state index contributed by atoms with van der Waals surface area (Å²) in [5.74, 6) is 0.0118. The molecule has 1 N–H and O–H groups in total. The molecule has 1 fully saturated rings. The van der Waals surface area contributed by atoms with Crippen LogP contribution in [0.4, 0.5) is 5.69 Å². The average molecular weight is 445 g/mol. The van der Waals surface area contributed by atoms with Gasteiger partial charge in [-0.3, -0.25) is 9.59 Å². The Hall–Kier alpha value is -2.71. The van der Waals surface area contributed by atoms with E-state index in [1.54, 1.807) is 50.2 Å². The van der Waals surface area contributed by atoms with Gasteiger partial charge in [0, 0.05) is 24.3 Å². The third-order valence-electron chi connectivity index (χ3n) is 5.33. The Morgan fingerprint density at radius 2 is 1.68 bits per heavy atom. The highest BCUT2D eigenvalue weighted by Gasteiger charge is 2.28. The minimum atomic E-state index is -3.61. The van der Waals surface area contributed by atoms with Gasteiger partial charge in [0.2, 0.25) is 10.0 Å². The third kappa shape index (κ3) is 5.51. The molecule has 1 heterocycles. The molecule has 1 aliphatic rings. The molecule has 0 spiro atoms. The summed E-state index contributed by atoms with van der Waals surface area (Å²) >= 11 is 0. The minimum absolute atomic E-state index is 0.0491.